The minimum atomic E-state index is -1.18. The van der Waals surface area contributed by atoms with Gasteiger partial charge in [-0.05, 0) is 36.2 Å². The van der Waals surface area contributed by atoms with Crippen LogP contribution in [0.5, 0.6) is 11.5 Å². The monoisotopic (exact) mass is 351 g/mol. The lowest BCUT2D eigenvalue weighted by Crippen LogP contribution is -2.28. The fourth-order valence-electron chi connectivity index (χ4n) is 3.00. The van der Waals surface area contributed by atoms with Gasteiger partial charge in [-0.3, -0.25) is 9.36 Å². The molecule has 4 rings (SSSR count). The molecule has 0 spiro atoms. The Kier molecular flexibility index (Phi) is 4.04. The van der Waals surface area contributed by atoms with Crippen molar-refractivity contribution in [3.8, 4) is 11.5 Å². The Hall–Kier alpha value is -3.35. The Labute approximate surface area is 148 Å². The SMILES string of the molecule is O=C([O-])CCc1nc2ccccc2c(=O)n1Cc1ccc2c(c1)OCO2. The van der Waals surface area contributed by atoms with Crippen LogP contribution in [0.2, 0.25) is 0 Å². The molecule has 0 radical (unpaired) electrons. The van der Waals surface area contributed by atoms with Gasteiger partial charge in [-0.1, -0.05) is 18.2 Å². The molecule has 0 saturated heterocycles. The normalized spacial score (nSPS) is 12.5. The minimum absolute atomic E-state index is 0.118. The van der Waals surface area contributed by atoms with E-state index in [-0.39, 0.29) is 31.7 Å². The first kappa shape index (κ1) is 16.1. The minimum Gasteiger partial charge on any atom is -0.550 e. The third kappa shape index (κ3) is 2.99. The van der Waals surface area contributed by atoms with Gasteiger partial charge in [0.2, 0.25) is 6.79 Å². The molecule has 0 unspecified atom stereocenters. The van der Waals surface area contributed by atoms with E-state index in [2.05, 4.69) is 4.98 Å². The molecule has 0 atom stereocenters. The second-order valence-corrected chi connectivity index (χ2v) is 6.00. The molecule has 0 amide bonds. The van der Waals surface area contributed by atoms with Gasteiger partial charge in [0, 0.05) is 12.4 Å². The van der Waals surface area contributed by atoms with Crippen molar-refractivity contribution in [2.45, 2.75) is 19.4 Å². The number of carboxylic acid groups (broad SMARTS) is 1. The molecule has 0 N–H and O–H groups in total. The summed E-state index contributed by atoms with van der Waals surface area (Å²) in [4.78, 5) is 28.3. The molecule has 132 valence electrons. The molecule has 1 aliphatic heterocycles. The molecule has 2 heterocycles. The van der Waals surface area contributed by atoms with E-state index in [4.69, 9.17) is 9.47 Å². The van der Waals surface area contributed by atoms with Crippen molar-refractivity contribution in [3.05, 3.63) is 64.2 Å². The van der Waals surface area contributed by atoms with Gasteiger partial charge in [0.15, 0.2) is 11.5 Å². The van der Waals surface area contributed by atoms with Crippen LogP contribution in [0.3, 0.4) is 0 Å². The molecule has 3 aromatic rings. The lowest BCUT2D eigenvalue weighted by Gasteiger charge is -2.14. The first-order chi connectivity index (χ1) is 12.6. The molecule has 7 nitrogen and oxygen atoms in total. The number of benzene rings is 2. The number of nitrogens with zero attached hydrogens (tertiary/aromatic N) is 2. The van der Waals surface area contributed by atoms with E-state index in [0.717, 1.165) is 5.56 Å². The number of rotatable bonds is 5. The Bertz CT molecular complexity index is 1060. The molecule has 1 aromatic heterocycles. The highest BCUT2D eigenvalue weighted by Gasteiger charge is 2.16. The fourth-order valence-corrected chi connectivity index (χ4v) is 3.00. The number of fused-ring (bicyclic) bond motifs is 2. The Morgan fingerprint density at radius 1 is 1.15 bits per heavy atom. The number of carbonyl (C=O) groups excluding carboxylic acids is 1. The van der Waals surface area contributed by atoms with E-state index in [1.54, 1.807) is 30.3 Å². The topological polar surface area (TPSA) is 93.5 Å². The number of carbonyl (C=O) groups is 1. The number of ether oxygens (including phenoxy) is 2. The maximum absolute atomic E-state index is 12.9. The zero-order valence-corrected chi connectivity index (χ0v) is 13.8. The van der Waals surface area contributed by atoms with Crippen molar-refractivity contribution in [3.63, 3.8) is 0 Å². The second-order valence-electron chi connectivity index (χ2n) is 6.00. The molecule has 0 fully saturated rings. The lowest BCUT2D eigenvalue weighted by atomic mass is 10.1. The van der Waals surface area contributed by atoms with Crippen molar-refractivity contribution in [1.29, 1.82) is 0 Å². The summed E-state index contributed by atoms with van der Waals surface area (Å²) in [5, 5.41) is 11.4. The van der Waals surface area contributed by atoms with Crippen LogP contribution in [0, 0.1) is 0 Å². The second kappa shape index (κ2) is 6.51. The Balaban J connectivity index is 1.78. The van der Waals surface area contributed by atoms with Crippen LogP contribution in [0.1, 0.15) is 17.8 Å². The van der Waals surface area contributed by atoms with Gasteiger partial charge in [0.25, 0.3) is 5.56 Å². The van der Waals surface area contributed by atoms with Gasteiger partial charge in [0.05, 0.1) is 17.4 Å². The van der Waals surface area contributed by atoms with Gasteiger partial charge in [-0.2, -0.15) is 0 Å². The number of aryl methyl sites for hydroxylation is 1. The Morgan fingerprint density at radius 2 is 1.96 bits per heavy atom. The maximum Gasteiger partial charge on any atom is 0.261 e. The average molecular weight is 351 g/mol. The highest BCUT2D eigenvalue weighted by molar-refractivity contribution is 5.77. The van der Waals surface area contributed by atoms with E-state index >= 15 is 0 Å². The molecule has 2 aromatic carbocycles. The van der Waals surface area contributed by atoms with E-state index in [1.165, 1.54) is 4.57 Å². The summed E-state index contributed by atoms with van der Waals surface area (Å²) in [6.45, 7) is 0.433. The Morgan fingerprint density at radius 3 is 2.81 bits per heavy atom. The highest BCUT2D eigenvalue weighted by atomic mass is 16.7. The molecule has 7 heteroatoms. The molecule has 0 saturated carbocycles. The van der Waals surface area contributed by atoms with Crippen LogP contribution in [-0.2, 0) is 17.8 Å². The predicted molar refractivity (Wildman–Crippen MR) is 91.0 cm³/mol. The van der Waals surface area contributed by atoms with Crippen molar-refractivity contribution in [1.82, 2.24) is 9.55 Å². The van der Waals surface area contributed by atoms with E-state index in [1.807, 2.05) is 12.1 Å². The fraction of sp³-hybridized carbons (Fsp3) is 0.211. The third-order valence-corrected chi connectivity index (χ3v) is 4.27. The largest absolute Gasteiger partial charge is 0.550 e. The summed E-state index contributed by atoms with van der Waals surface area (Å²) in [6.07, 6.45) is -0.0844. The van der Waals surface area contributed by atoms with Gasteiger partial charge in [-0.15, -0.1) is 0 Å². The number of aromatic nitrogens is 2. The molecule has 26 heavy (non-hydrogen) atoms. The summed E-state index contributed by atoms with van der Waals surface area (Å²) in [7, 11) is 0. The van der Waals surface area contributed by atoms with Crippen LogP contribution >= 0.6 is 0 Å². The molecular weight excluding hydrogens is 336 g/mol. The molecule has 0 bridgehead atoms. The summed E-state index contributed by atoms with van der Waals surface area (Å²) in [6, 6.07) is 12.5. The number of para-hydroxylation sites is 1. The average Bonchev–Trinajstić information content (AvgIpc) is 3.10. The summed E-state index contributed by atoms with van der Waals surface area (Å²) in [5.74, 6) is 0.521. The smallest absolute Gasteiger partial charge is 0.261 e. The summed E-state index contributed by atoms with van der Waals surface area (Å²) < 4.78 is 12.2. The first-order valence-electron chi connectivity index (χ1n) is 8.18. The van der Waals surface area contributed by atoms with Gasteiger partial charge < -0.3 is 19.4 Å². The summed E-state index contributed by atoms with van der Waals surface area (Å²) in [5.41, 5.74) is 1.18. The van der Waals surface area contributed by atoms with Crippen molar-refractivity contribution in [2.75, 3.05) is 6.79 Å². The van der Waals surface area contributed by atoms with E-state index < -0.39 is 5.97 Å². The first-order valence-corrected chi connectivity index (χ1v) is 8.18. The van der Waals surface area contributed by atoms with Crippen LogP contribution in [0.4, 0.5) is 0 Å². The van der Waals surface area contributed by atoms with Crippen LogP contribution in [0.25, 0.3) is 10.9 Å². The van der Waals surface area contributed by atoms with Crippen LogP contribution in [-0.4, -0.2) is 22.3 Å². The van der Waals surface area contributed by atoms with Crippen molar-refractivity contribution >= 4 is 16.9 Å². The number of carboxylic acids is 1. The maximum atomic E-state index is 12.9. The molecular formula is C19H15N2O5-. The standard InChI is InChI=1S/C19H16N2O5/c22-18(23)8-7-17-20-14-4-2-1-3-13(14)19(24)21(17)10-12-5-6-15-16(9-12)26-11-25-15/h1-6,9H,7-8,10-11H2,(H,22,23)/p-1. The van der Waals surface area contributed by atoms with Gasteiger partial charge in [-0.25, -0.2) is 4.98 Å². The van der Waals surface area contributed by atoms with E-state index in [0.29, 0.717) is 28.2 Å². The third-order valence-electron chi connectivity index (χ3n) is 4.27. The molecule has 0 aliphatic carbocycles. The zero-order chi connectivity index (χ0) is 18.1. The van der Waals surface area contributed by atoms with Gasteiger partial charge >= 0.3 is 0 Å². The number of hydrogen-bond acceptors (Lipinski definition) is 6. The predicted octanol–water partition coefficient (Wildman–Crippen LogP) is 0.856. The van der Waals surface area contributed by atoms with Crippen LogP contribution in [0.15, 0.2) is 47.3 Å². The highest BCUT2D eigenvalue weighted by Crippen LogP contribution is 2.32. The summed E-state index contributed by atoms with van der Waals surface area (Å²) >= 11 is 0. The van der Waals surface area contributed by atoms with Crippen molar-refractivity contribution in [2.24, 2.45) is 0 Å². The quantitative estimate of drug-likeness (QED) is 0.677. The van der Waals surface area contributed by atoms with Crippen LogP contribution < -0.4 is 20.1 Å². The van der Waals surface area contributed by atoms with E-state index in [9.17, 15) is 14.7 Å². The van der Waals surface area contributed by atoms with Gasteiger partial charge in [0.1, 0.15) is 5.82 Å². The lowest BCUT2D eigenvalue weighted by molar-refractivity contribution is -0.305. The zero-order valence-electron chi connectivity index (χ0n) is 13.8. The number of hydrogen-bond donors (Lipinski definition) is 0. The van der Waals surface area contributed by atoms with Crippen molar-refractivity contribution < 1.29 is 19.4 Å². The number of aliphatic carboxylic acids is 1. The molecule has 1 aliphatic rings.